The number of Topliss-reactive ketones (excluding diaryl/α,β-unsaturated/α-hetero) is 1. The van der Waals surface area contributed by atoms with Gasteiger partial charge in [-0.2, -0.15) is 0 Å². The number of benzene rings is 3. The summed E-state index contributed by atoms with van der Waals surface area (Å²) >= 11 is 6.22. The molecule has 3 aromatic rings. The van der Waals surface area contributed by atoms with Gasteiger partial charge in [0.25, 0.3) is 11.7 Å². The van der Waals surface area contributed by atoms with E-state index in [2.05, 4.69) is 0 Å². The van der Waals surface area contributed by atoms with Crippen LogP contribution >= 0.6 is 11.6 Å². The summed E-state index contributed by atoms with van der Waals surface area (Å²) in [7, 11) is 3.01. The molecule has 0 aliphatic carbocycles. The Morgan fingerprint density at radius 1 is 0.938 bits per heavy atom. The van der Waals surface area contributed by atoms with E-state index in [9.17, 15) is 14.7 Å². The third kappa shape index (κ3) is 3.69. The van der Waals surface area contributed by atoms with Crippen LogP contribution in [0.2, 0.25) is 5.02 Å². The van der Waals surface area contributed by atoms with Gasteiger partial charge in [-0.15, -0.1) is 0 Å². The second-order valence-electron chi connectivity index (χ2n) is 7.13. The van der Waals surface area contributed by atoms with Crippen molar-refractivity contribution in [1.82, 2.24) is 0 Å². The van der Waals surface area contributed by atoms with Crippen LogP contribution in [0.4, 0.5) is 5.69 Å². The molecular formula is C25H20ClNO5. The van der Waals surface area contributed by atoms with E-state index in [1.165, 1.54) is 25.2 Å². The third-order valence-corrected chi connectivity index (χ3v) is 5.61. The van der Waals surface area contributed by atoms with Crippen LogP contribution in [0.3, 0.4) is 0 Å². The molecule has 162 valence electrons. The number of ether oxygens (including phenoxy) is 2. The van der Waals surface area contributed by atoms with Crippen molar-refractivity contribution in [3.8, 4) is 11.5 Å². The first-order valence-corrected chi connectivity index (χ1v) is 10.2. The quantitative estimate of drug-likeness (QED) is 0.337. The first-order chi connectivity index (χ1) is 15.5. The van der Waals surface area contributed by atoms with Crippen LogP contribution in [0.15, 0.2) is 78.4 Å². The average molecular weight is 450 g/mol. The summed E-state index contributed by atoms with van der Waals surface area (Å²) in [4.78, 5) is 27.7. The summed E-state index contributed by atoms with van der Waals surface area (Å²) in [6.07, 6.45) is 0. The molecule has 0 bridgehead atoms. The highest BCUT2D eigenvalue weighted by Crippen LogP contribution is 2.43. The van der Waals surface area contributed by atoms with Gasteiger partial charge in [0.2, 0.25) is 0 Å². The van der Waals surface area contributed by atoms with Gasteiger partial charge < -0.3 is 14.6 Å². The molecule has 32 heavy (non-hydrogen) atoms. The van der Waals surface area contributed by atoms with Crippen LogP contribution in [0.1, 0.15) is 17.2 Å². The zero-order valence-electron chi connectivity index (χ0n) is 17.4. The van der Waals surface area contributed by atoms with Crippen molar-refractivity contribution in [3.63, 3.8) is 0 Å². The second-order valence-corrected chi connectivity index (χ2v) is 7.54. The molecule has 1 aliphatic heterocycles. The molecule has 6 nitrogen and oxygen atoms in total. The lowest BCUT2D eigenvalue weighted by atomic mass is 9.95. The lowest BCUT2D eigenvalue weighted by Gasteiger charge is -2.25. The van der Waals surface area contributed by atoms with E-state index in [1.807, 2.05) is 18.2 Å². The first-order valence-electron chi connectivity index (χ1n) is 9.80. The molecule has 0 spiro atoms. The summed E-state index contributed by atoms with van der Waals surface area (Å²) in [6, 6.07) is 19.8. The van der Waals surface area contributed by atoms with Gasteiger partial charge in [0.05, 0.1) is 30.9 Å². The number of aliphatic hydroxyl groups excluding tert-OH is 1. The molecule has 0 saturated carbocycles. The van der Waals surface area contributed by atoms with Crippen molar-refractivity contribution in [2.24, 2.45) is 0 Å². The number of methoxy groups -OCH3 is 2. The van der Waals surface area contributed by atoms with E-state index >= 15 is 0 Å². The van der Waals surface area contributed by atoms with Gasteiger partial charge in [0.1, 0.15) is 17.3 Å². The Labute approximate surface area is 190 Å². The Hall–Kier alpha value is -3.77. The summed E-state index contributed by atoms with van der Waals surface area (Å²) in [5.74, 6) is -0.871. The van der Waals surface area contributed by atoms with Crippen LogP contribution < -0.4 is 14.4 Å². The normalized spacial score (nSPS) is 17.5. The number of nitrogens with zero attached hydrogens (tertiary/aromatic N) is 1. The number of amides is 1. The fraction of sp³-hybridized carbons (Fsp3) is 0.120. The Morgan fingerprint density at radius 2 is 1.69 bits per heavy atom. The van der Waals surface area contributed by atoms with E-state index in [-0.39, 0.29) is 16.4 Å². The molecule has 1 fully saturated rings. The van der Waals surface area contributed by atoms with Crippen molar-refractivity contribution in [1.29, 1.82) is 0 Å². The van der Waals surface area contributed by atoms with Gasteiger partial charge in [-0.25, -0.2) is 0 Å². The number of carbonyl (C=O) groups excluding carboxylic acids is 2. The van der Waals surface area contributed by atoms with Crippen LogP contribution in [-0.4, -0.2) is 31.0 Å². The maximum atomic E-state index is 13.2. The molecule has 1 unspecified atom stereocenters. The number of aliphatic hydroxyl groups is 1. The van der Waals surface area contributed by atoms with Crippen molar-refractivity contribution < 1.29 is 24.2 Å². The third-order valence-electron chi connectivity index (χ3n) is 5.32. The lowest BCUT2D eigenvalue weighted by molar-refractivity contribution is -0.132. The minimum absolute atomic E-state index is 0.0229. The highest BCUT2D eigenvalue weighted by Gasteiger charge is 2.47. The molecule has 1 aliphatic rings. The smallest absolute Gasteiger partial charge is 0.300 e. The van der Waals surface area contributed by atoms with Gasteiger partial charge in [-0.1, -0.05) is 48.0 Å². The fourth-order valence-corrected chi connectivity index (χ4v) is 4.04. The minimum Gasteiger partial charge on any atom is -0.507 e. The summed E-state index contributed by atoms with van der Waals surface area (Å²) in [5.41, 5.74) is 1.44. The predicted molar refractivity (Wildman–Crippen MR) is 122 cm³/mol. The van der Waals surface area contributed by atoms with Crippen molar-refractivity contribution in [2.45, 2.75) is 6.04 Å². The van der Waals surface area contributed by atoms with Crippen molar-refractivity contribution >= 4 is 34.7 Å². The average Bonchev–Trinajstić information content (AvgIpc) is 3.09. The van der Waals surface area contributed by atoms with Gasteiger partial charge in [0.15, 0.2) is 0 Å². The summed E-state index contributed by atoms with van der Waals surface area (Å²) in [6.45, 7) is 0. The Kier molecular flexibility index (Phi) is 5.88. The molecule has 1 amide bonds. The van der Waals surface area contributed by atoms with E-state index in [0.29, 0.717) is 28.3 Å². The molecule has 0 radical (unpaired) electrons. The molecule has 3 aromatic carbocycles. The topological polar surface area (TPSA) is 76.1 Å². The summed E-state index contributed by atoms with van der Waals surface area (Å²) < 4.78 is 10.4. The van der Waals surface area contributed by atoms with E-state index in [4.69, 9.17) is 21.1 Å². The highest BCUT2D eigenvalue weighted by molar-refractivity contribution is 6.51. The summed E-state index contributed by atoms with van der Waals surface area (Å²) in [5, 5.41) is 11.4. The maximum Gasteiger partial charge on any atom is 0.300 e. The van der Waals surface area contributed by atoms with Gasteiger partial charge in [-0.3, -0.25) is 14.5 Å². The number of rotatable bonds is 5. The number of ketones is 1. The van der Waals surface area contributed by atoms with E-state index < -0.39 is 17.7 Å². The Balaban J connectivity index is 1.93. The molecule has 1 N–H and O–H groups in total. The number of halogens is 1. The van der Waals surface area contributed by atoms with Crippen LogP contribution in [0, 0.1) is 0 Å². The first kappa shape index (κ1) is 21.5. The van der Waals surface area contributed by atoms with E-state index in [1.54, 1.807) is 48.5 Å². The van der Waals surface area contributed by atoms with E-state index in [0.717, 1.165) is 0 Å². The molecular weight excluding hydrogens is 430 g/mol. The minimum atomic E-state index is -0.829. The molecule has 0 aromatic heterocycles. The monoisotopic (exact) mass is 449 g/mol. The molecule has 7 heteroatoms. The maximum absolute atomic E-state index is 13.2. The molecule has 1 atom stereocenters. The number of hydrogen-bond acceptors (Lipinski definition) is 5. The number of carbonyl (C=O) groups is 2. The van der Waals surface area contributed by atoms with Gasteiger partial charge >= 0.3 is 0 Å². The molecule has 1 saturated heterocycles. The van der Waals surface area contributed by atoms with Crippen LogP contribution in [-0.2, 0) is 9.59 Å². The van der Waals surface area contributed by atoms with Gasteiger partial charge in [0, 0.05) is 17.3 Å². The SMILES string of the molecule is COc1cccc(N2C(=O)C(=O)/C(=C(/O)c3ccc(OC)c(Cl)c3)C2c2ccccc2)c1. The lowest BCUT2D eigenvalue weighted by Crippen LogP contribution is -2.29. The molecule has 4 rings (SSSR count). The Morgan fingerprint density at radius 3 is 2.34 bits per heavy atom. The zero-order valence-corrected chi connectivity index (χ0v) is 18.2. The number of hydrogen-bond donors (Lipinski definition) is 1. The van der Waals surface area contributed by atoms with Crippen molar-refractivity contribution in [3.05, 3.63) is 94.5 Å². The largest absolute Gasteiger partial charge is 0.507 e. The predicted octanol–water partition coefficient (Wildman–Crippen LogP) is 4.98. The number of anilines is 1. The highest BCUT2D eigenvalue weighted by atomic mass is 35.5. The van der Waals surface area contributed by atoms with Crippen LogP contribution in [0.5, 0.6) is 11.5 Å². The van der Waals surface area contributed by atoms with Crippen LogP contribution in [0.25, 0.3) is 5.76 Å². The molecule has 1 heterocycles. The standard InChI is InChI=1S/C25H20ClNO5/c1-31-18-10-6-9-17(14-18)27-22(15-7-4-3-5-8-15)21(24(29)25(27)30)23(28)16-11-12-20(32-2)19(26)13-16/h3-14,22,28H,1-2H3/b23-21+. The zero-order chi connectivity index (χ0) is 22.8. The van der Waals surface area contributed by atoms with Crippen molar-refractivity contribution in [2.75, 3.05) is 19.1 Å². The Bertz CT molecular complexity index is 1220. The fourth-order valence-electron chi connectivity index (χ4n) is 3.78. The second kappa shape index (κ2) is 8.77. The van der Waals surface area contributed by atoms with Gasteiger partial charge in [-0.05, 0) is 35.9 Å².